The van der Waals surface area contributed by atoms with E-state index in [2.05, 4.69) is 10.2 Å². The number of ether oxygens (including phenoxy) is 2. The average Bonchev–Trinajstić information content (AvgIpc) is 2.68. The van der Waals surface area contributed by atoms with Gasteiger partial charge < -0.3 is 19.7 Å². The van der Waals surface area contributed by atoms with E-state index in [1.54, 1.807) is 6.92 Å². The molecule has 2 fully saturated rings. The Hall–Kier alpha value is -1.59. The van der Waals surface area contributed by atoms with Crippen LogP contribution in [0, 0.1) is 5.92 Å². The third-order valence-electron chi connectivity index (χ3n) is 5.35. The molecule has 0 bridgehead atoms. The van der Waals surface area contributed by atoms with E-state index in [-0.39, 0.29) is 5.91 Å². The van der Waals surface area contributed by atoms with Crippen LogP contribution >= 0.6 is 0 Å². The predicted octanol–water partition coefficient (Wildman–Crippen LogP) is 2.46. The van der Waals surface area contributed by atoms with Crippen molar-refractivity contribution in [1.82, 2.24) is 10.2 Å². The third-order valence-corrected chi connectivity index (χ3v) is 5.35. The molecule has 2 heterocycles. The van der Waals surface area contributed by atoms with Gasteiger partial charge in [0.05, 0.1) is 0 Å². The molecule has 138 valence electrons. The van der Waals surface area contributed by atoms with Gasteiger partial charge >= 0.3 is 0 Å². The summed E-state index contributed by atoms with van der Waals surface area (Å²) in [5.41, 5.74) is 0. The van der Waals surface area contributed by atoms with E-state index in [1.807, 2.05) is 30.3 Å². The summed E-state index contributed by atoms with van der Waals surface area (Å²) in [6.45, 7) is 6.64. The highest BCUT2D eigenvalue weighted by Gasteiger charge is 2.27. The van der Waals surface area contributed by atoms with Crippen molar-refractivity contribution < 1.29 is 14.3 Å². The number of hydrogen-bond acceptors (Lipinski definition) is 4. The number of nitrogens with one attached hydrogen (secondary N) is 1. The summed E-state index contributed by atoms with van der Waals surface area (Å²) in [6, 6.07) is 10.2. The zero-order valence-electron chi connectivity index (χ0n) is 15.2. The molecule has 0 aromatic heterocycles. The fourth-order valence-corrected chi connectivity index (χ4v) is 3.72. The molecule has 0 unspecified atom stereocenters. The van der Waals surface area contributed by atoms with Gasteiger partial charge in [0, 0.05) is 25.8 Å². The molecule has 5 nitrogen and oxygen atoms in total. The van der Waals surface area contributed by atoms with Gasteiger partial charge in [0.1, 0.15) is 5.75 Å². The van der Waals surface area contributed by atoms with Crippen LogP contribution in [0.2, 0.25) is 0 Å². The fraction of sp³-hybridized carbons (Fsp3) is 0.650. The topological polar surface area (TPSA) is 50.8 Å². The van der Waals surface area contributed by atoms with Gasteiger partial charge in [-0.25, -0.2) is 0 Å². The second-order valence-corrected chi connectivity index (χ2v) is 7.14. The van der Waals surface area contributed by atoms with E-state index in [9.17, 15) is 4.79 Å². The first-order valence-corrected chi connectivity index (χ1v) is 9.53. The van der Waals surface area contributed by atoms with Crippen molar-refractivity contribution in [3.05, 3.63) is 30.3 Å². The van der Waals surface area contributed by atoms with E-state index < -0.39 is 6.10 Å². The van der Waals surface area contributed by atoms with Gasteiger partial charge in [-0.2, -0.15) is 0 Å². The molecule has 2 aliphatic rings. The quantitative estimate of drug-likeness (QED) is 0.860. The van der Waals surface area contributed by atoms with E-state index in [4.69, 9.17) is 9.47 Å². The number of para-hydroxylation sites is 1. The predicted molar refractivity (Wildman–Crippen MR) is 97.7 cm³/mol. The van der Waals surface area contributed by atoms with Crippen molar-refractivity contribution in [2.75, 3.05) is 32.8 Å². The van der Waals surface area contributed by atoms with Crippen LogP contribution in [0.5, 0.6) is 5.75 Å². The van der Waals surface area contributed by atoms with Crippen LogP contribution in [0.25, 0.3) is 0 Å². The molecule has 1 aromatic carbocycles. The van der Waals surface area contributed by atoms with Crippen molar-refractivity contribution in [3.63, 3.8) is 0 Å². The summed E-state index contributed by atoms with van der Waals surface area (Å²) in [4.78, 5) is 14.9. The number of benzene rings is 1. The molecule has 5 heteroatoms. The molecule has 2 saturated heterocycles. The van der Waals surface area contributed by atoms with E-state index in [1.165, 1.54) is 0 Å². The normalized spacial score (nSPS) is 21.6. The number of carbonyl (C=O) groups is 1. The zero-order valence-corrected chi connectivity index (χ0v) is 15.2. The second-order valence-electron chi connectivity index (χ2n) is 7.14. The third kappa shape index (κ3) is 5.44. The van der Waals surface area contributed by atoms with Crippen LogP contribution in [0.4, 0.5) is 0 Å². The Kier molecular flexibility index (Phi) is 6.70. The Morgan fingerprint density at radius 3 is 2.56 bits per heavy atom. The summed E-state index contributed by atoms with van der Waals surface area (Å²) in [6.07, 6.45) is 4.17. The molecule has 2 aliphatic heterocycles. The summed E-state index contributed by atoms with van der Waals surface area (Å²) in [5.74, 6) is 1.27. The van der Waals surface area contributed by atoms with Crippen molar-refractivity contribution in [3.8, 4) is 5.75 Å². The SMILES string of the molecule is C[C@H](Oc1ccccc1)C(=O)NCC1CCN(C2CCOCC2)CC1. The smallest absolute Gasteiger partial charge is 0.260 e. The number of piperidine rings is 1. The Labute approximate surface area is 150 Å². The summed E-state index contributed by atoms with van der Waals surface area (Å²) >= 11 is 0. The van der Waals surface area contributed by atoms with Crippen LogP contribution in [-0.4, -0.2) is 55.8 Å². The fourth-order valence-electron chi connectivity index (χ4n) is 3.72. The molecular formula is C20H30N2O3. The Morgan fingerprint density at radius 2 is 1.88 bits per heavy atom. The van der Waals surface area contributed by atoms with Crippen LogP contribution in [0.3, 0.4) is 0 Å². The summed E-state index contributed by atoms with van der Waals surface area (Å²) in [5, 5.41) is 3.06. The second kappa shape index (κ2) is 9.20. The lowest BCUT2D eigenvalue weighted by Gasteiger charge is -2.39. The van der Waals surface area contributed by atoms with Gasteiger partial charge in [-0.15, -0.1) is 0 Å². The molecule has 1 aromatic rings. The van der Waals surface area contributed by atoms with Gasteiger partial charge in [0.15, 0.2) is 6.10 Å². The summed E-state index contributed by atoms with van der Waals surface area (Å²) in [7, 11) is 0. The molecule has 0 aliphatic carbocycles. The van der Waals surface area contributed by atoms with Gasteiger partial charge in [-0.1, -0.05) is 18.2 Å². The Morgan fingerprint density at radius 1 is 1.20 bits per heavy atom. The molecule has 0 spiro atoms. The molecule has 25 heavy (non-hydrogen) atoms. The first-order valence-electron chi connectivity index (χ1n) is 9.53. The maximum atomic E-state index is 12.2. The standard InChI is InChI=1S/C20H30N2O3/c1-16(25-19-5-3-2-4-6-19)20(23)21-15-17-7-11-22(12-8-17)18-9-13-24-14-10-18/h2-6,16-18H,7-15H2,1H3,(H,21,23)/t16-/m0/s1. The highest BCUT2D eigenvalue weighted by atomic mass is 16.5. The molecule has 3 rings (SSSR count). The Balaban J connectivity index is 1.35. The Bertz CT molecular complexity index is 523. The van der Waals surface area contributed by atoms with Gasteiger partial charge in [-0.05, 0) is 63.7 Å². The molecule has 1 amide bonds. The van der Waals surface area contributed by atoms with Gasteiger partial charge in [0.2, 0.25) is 0 Å². The van der Waals surface area contributed by atoms with Crippen molar-refractivity contribution >= 4 is 5.91 Å². The lowest BCUT2D eigenvalue weighted by molar-refractivity contribution is -0.127. The highest BCUT2D eigenvalue weighted by Crippen LogP contribution is 2.22. The average molecular weight is 346 g/mol. The van der Waals surface area contributed by atoms with Crippen molar-refractivity contribution in [1.29, 1.82) is 0 Å². The number of carbonyl (C=O) groups excluding carboxylic acids is 1. The van der Waals surface area contributed by atoms with Crippen LogP contribution < -0.4 is 10.1 Å². The number of hydrogen-bond donors (Lipinski definition) is 1. The molecule has 1 N–H and O–H groups in total. The van der Waals surface area contributed by atoms with Crippen molar-refractivity contribution in [2.45, 2.75) is 44.8 Å². The summed E-state index contributed by atoms with van der Waals surface area (Å²) < 4.78 is 11.1. The maximum Gasteiger partial charge on any atom is 0.260 e. The zero-order chi connectivity index (χ0) is 17.5. The van der Waals surface area contributed by atoms with Crippen LogP contribution in [0.1, 0.15) is 32.6 Å². The van der Waals surface area contributed by atoms with Crippen LogP contribution in [-0.2, 0) is 9.53 Å². The first-order chi connectivity index (χ1) is 12.2. The lowest BCUT2D eigenvalue weighted by atomic mass is 9.94. The van der Waals surface area contributed by atoms with E-state index in [0.29, 0.717) is 12.0 Å². The van der Waals surface area contributed by atoms with Crippen LogP contribution in [0.15, 0.2) is 30.3 Å². The largest absolute Gasteiger partial charge is 0.481 e. The molecule has 0 radical (unpaired) electrons. The van der Waals surface area contributed by atoms with Crippen molar-refractivity contribution in [2.24, 2.45) is 5.92 Å². The minimum atomic E-state index is -0.468. The molecular weight excluding hydrogens is 316 g/mol. The number of rotatable bonds is 6. The first kappa shape index (κ1) is 18.2. The van der Waals surface area contributed by atoms with E-state index >= 15 is 0 Å². The highest BCUT2D eigenvalue weighted by molar-refractivity contribution is 5.80. The van der Waals surface area contributed by atoms with Gasteiger partial charge in [-0.3, -0.25) is 4.79 Å². The maximum absolute atomic E-state index is 12.2. The molecule has 0 saturated carbocycles. The number of likely N-dealkylation sites (tertiary alicyclic amines) is 1. The number of amides is 1. The minimum Gasteiger partial charge on any atom is -0.481 e. The number of nitrogens with zero attached hydrogens (tertiary/aromatic N) is 1. The minimum absolute atomic E-state index is 0.0317. The monoisotopic (exact) mass is 346 g/mol. The lowest BCUT2D eigenvalue weighted by Crippen LogP contribution is -2.46. The van der Waals surface area contributed by atoms with Gasteiger partial charge in [0.25, 0.3) is 5.91 Å². The van der Waals surface area contributed by atoms with E-state index in [0.717, 1.165) is 64.3 Å². The molecule has 1 atom stereocenters.